The van der Waals surface area contributed by atoms with Gasteiger partial charge in [-0.3, -0.25) is 4.79 Å². The van der Waals surface area contributed by atoms with Gasteiger partial charge in [-0.2, -0.15) is 4.80 Å². The average Bonchev–Trinajstić information content (AvgIpc) is 3.30. The van der Waals surface area contributed by atoms with Crippen LogP contribution in [0.15, 0.2) is 42.5 Å². The molecule has 9 heteroatoms. The van der Waals surface area contributed by atoms with Crippen molar-refractivity contribution in [2.45, 2.75) is 0 Å². The highest BCUT2D eigenvalue weighted by molar-refractivity contribution is 6.06. The first-order valence-electron chi connectivity index (χ1n) is 8.87. The van der Waals surface area contributed by atoms with Crippen LogP contribution in [-0.4, -0.2) is 44.9 Å². The van der Waals surface area contributed by atoms with Crippen LogP contribution in [0.4, 0.5) is 5.69 Å². The van der Waals surface area contributed by atoms with Gasteiger partial charge in [-0.1, -0.05) is 12.1 Å². The number of hydrogen-bond acceptors (Lipinski definition) is 6. The lowest BCUT2D eigenvalue weighted by Crippen LogP contribution is -2.15. The Morgan fingerprint density at radius 3 is 2.48 bits per heavy atom. The van der Waals surface area contributed by atoms with E-state index >= 15 is 0 Å². The van der Waals surface area contributed by atoms with Crippen LogP contribution in [-0.2, 0) is 14.1 Å². The zero-order chi connectivity index (χ0) is 20.5. The predicted molar refractivity (Wildman–Crippen MR) is 108 cm³/mol. The molecule has 29 heavy (non-hydrogen) atoms. The first-order valence-corrected chi connectivity index (χ1v) is 8.87. The van der Waals surface area contributed by atoms with Gasteiger partial charge in [0.25, 0.3) is 5.91 Å². The highest BCUT2D eigenvalue weighted by atomic mass is 16.5. The Bertz CT molecular complexity index is 1210. The Kier molecular flexibility index (Phi) is 4.63. The molecule has 0 bridgehead atoms. The number of hydrogen-bond donors (Lipinski definition) is 1. The molecular formula is C20H20N6O3. The number of ether oxygens (including phenoxy) is 2. The maximum Gasteiger partial charge on any atom is 0.272 e. The maximum atomic E-state index is 12.9. The van der Waals surface area contributed by atoms with E-state index < -0.39 is 0 Å². The lowest BCUT2D eigenvalue weighted by molar-refractivity contribution is 0.101. The summed E-state index contributed by atoms with van der Waals surface area (Å²) in [6, 6.07) is 12.8. The van der Waals surface area contributed by atoms with Gasteiger partial charge in [0.1, 0.15) is 5.69 Å². The molecular weight excluding hydrogens is 372 g/mol. The lowest BCUT2D eigenvalue weighted by atomic mass is 10.2. The minimum atomic E-state index is -0.231. The SMILES string of the molecule is COc1cc2cc(C(=O)Nc3cccc(-c4nnn(C)n4)c3)n(C)c2cc1OC. The molecule has 2 heterocycles. The highest BCUT2D eigenvalue weighted by Gasteiger charge is 2.17. The van der Waals surface area contributed by atoms with Crippen LogP contribution < -0.4 is 14.8 Å². The molecule has 0 unspecified atom stereocenters. The monoisotopic (exact) mass is 392 g/mol. The number of anilines is 1. The molecule has 148 valence electrons. The molecule has 2 aromatic carbocycles. The highest BCUT2D eigenvalue weighted by Crippen LogP contribution is 2.33. The van der Waals surface area contributed by atoms with Crippen LogP contribution in [0, 0.1) is 0 Å². The van der Waals surface area contributed by atoms with Gasteiger partial charge in [-0.15, -0.1) is 10.2 Å². The van der Waals surface area contributed by atoms with Gasteiger partial charge in [-0.25, -0.2) is 0 Å². The van der Waals surface area contributed by atoms with E-state index in [9.17, 15) is 4.79 Å². The number of methoxy groups -OCH3 is 2. The number of fused-ring (bicyclic) bond motifs is 1. The largest absolute Gasteiger partial charge is 0.493 e. The van der Waals surface area contributed by atoms with Crippen molar-refractivity contribution in [1.29, 1.82) is 0 Å². The van der Waals surface area contributed by atoms with Gasteiger partial charge >= 0.3 is 0 Å². The lowest BCUT2D eigenvalue weighted by Gasteiger charge is -2.09. The Morgan fingerprint density at radius 1 is 1.03 bits per heavy atom. The summed E-state index contributed by atoms with van der Waals surface area (Å²) in [5.74, 6) is 1.48. The zero-order valence-electron chi connectivity index (χ0n) is 16.5. The van der Waals surface area contributed by atoms with E-state index in [0.29, 0.717) is 28.7 Å². The third-order valence-corrected chi connectivity index (χ3v) is 4.67. The number of rotatable bonds is 5. The van der Waals surface area contributed by atoms with Gasteiger partial charge < -0.3 is 19.4 Å². The third kappa shape index (κ3) is 3.38. The van der Waals surface area contributed by atoms with E-state index in [4.69, 9.17) is 9.47 Å². The van der Waals surface area contributed by atoms with E-state index in [1.807, 2.05) is 54.1 Å². The summed E-state index contributed by atoms with van der Waals surface area (Å²) in [6.07, 6.45) is 0. The zero-order valence-corrected chi connectivity index (χ0v) is 16.5. The number of amides is 1. The summed E-state index contributed by atoms with van der Waals surface area (Å²) in [5.41, 5.74) is 2.78. The van der Waals surface area contributed by atoms with Crippen molar-refractivity contribution >= 4 is 22.5 Å². The first-order chi connectivity index (χ1) is 14.0. The van der Waals surface area contributed by atoms with Crippen LogP contribution in [0.25, 0.3) is 22.3 Å². The molecule has 0 saturated heterocycles. The Balaban J connectivity index is 1.65. The molecule has 0 aliphatic heterocycles. The normalized spacial score (nSPS) is 10.9. The Labute approximate surface area is 166 Å². The van der Waals surface area contributed by atoms with Crippen LogP contribution in [0.3, 0.4) is 0 Å². The maximum absolute atomic E-state index is 12.9. The molecule has 1 amide bonds. The van der Waals surface area contributed by atoms with Gasteiger partial charge in [0.05, 0.1) is 26.8 Å². The molecule has 0 saturated carbocycles. The van der Waals surface area contributed by atoms with Crippen molar-refractivity contribution in [3.63, 3.8) is 0 Å². The first kappa shape index (κ1) is 18.5. The second-order valence-electron chi connectivity index (χ2n) is 6.49. The van der Waals surface area contributed by atoms with Crippen LogP contribution in [0.2, 0.25) is 0 Å². The molecule has 0 aliphatic carbocycles. The van der Waals surface area contributed by atoms with Crippen LogP contribution >= 0.6 is 0 Å². The number of nitrogens with zero attached hydrogens (tertiary/aromatic N) is 5. The second kappa shape index (κ2) is 7.27. The summed E-state index contributed by atoms with van der Waals surface area (Å²) >= 11 is 0. The summed E-state index contributed by atoms with van der Waals surface area (Å²) < 4.78 is 12.5. The van der Waals surface area contributed by atoms with Crippen molar-refractivity contribution in [1.82, 2.24) is 24.8 Å². The van der Waals surface area contributed by atoms with Gasteiger partial charge in [0.15, 0.2) is 11.5 Å². The molecule has 0 fully saturated rings. The molecule has 0 spiro atoms. The average molecular weight is 392 g/mol. The fourth-order valence-electron chi connectivity index (χ4n) is 3.21. The summed E-state index contributed by atoms with van der Waals surface area (Å²) in [6.45, 7) is 0. The molecule has 2 aromatic heterocycles. The number of benzene rings is 2. The van der Waals surface area contributed by atoms with Crippen molar-refractivity contribution < 1.29 is 14.3 Å². The minimum Gasteiger partial charge on any atom is -0.493 e. The number of nitrogens with one attached hydrogen (secondary N) is 1. The predicted octanol–water partition coefficient (Wildman–Crippen LogP) is 2.64. The minimum absolute atomic E-state index is 0.231. The topological polar surface area (TPSA) is 96.1 Å². The summed E-state index contributed by atoms with van der Waals surface area (Å²) in [7, 11) is 6.70. The number of aryl methyl sites for hydroxylation is 2. The molecule has 9 nitrogen and oxygen atoms in total. The van der Waals surface area contributed by atoms with Crippen LogP contribution in [0.5, 0.6) is 11.5 Å². The smallest absolute Gasteiger partial charge is 0.272 e. The van der Waals surface area contributed by atoms with Crippen molar-refractivity contribution in [3.05, 3.63) is 48.2 Å². The second-order valence-corrected chi connectivity index (χ2v) is 6.49. The fourth-order valence-corrected chi connectivity index (χ4v) is 3.21. The van der Waals surface area contributed by atoms with Crippen molar-refractivity contribution in [3.8, 4) is 22.9 Å². The van der Waals surface area contributed by atoms with E-state index in [1.54, 1.807) is 21.3 Å². The molecule has 0 aliphatic rings. The Morgan fingerprint density at radius 2 is 1.79 bits per heavy atom. The third-order valence-electron chi connectivity index (χ3n) is 4.67. The number of aromatic nitrogens is 5. The van der Waals surface area contributed by atoms with Gasteiger partial charge in [0, 0.05) is 29.8 Å². The molecule has 0 radical (unpaired) electrons. The van der Waals surface area contributed by atoms with Crippen LogP contribution in [0.1, 0.15) is 10.5 Å². The number of tetrazole rings is 1. The number of carbonyl (C=O) groups is 1. The molecule has 1 N–H and O–H groups in total. The Hall–Kier alpha value is -3.88. The van der Waals surface area contributed by atoms with E-state index in [0.717, 1.165) is 16.5 Å². The van der Waals surface area contributed by atoms with E-state index in [1.165, 1.54) is 4.80 Å². The summed E-state index contributed by atoms with van der Waals surface area (Å²) in [4.78, 5) is 14.3. The van der Waals surface area contributed by atoms with Crippen molar-refractivity contribution in [2.75, 3.05) is 19.5 Å². The van der Waals surface area contributed by atoms with Crippen molar-refractivity contribution in [2.24, 2.45) is 14.1 Å². The van der Waals surface area contributed by atoms with E-state index in [-0.39, 0.29) is 5.91 Å². The van der Waals surface area contributed by atoms with E-state index in [2.05, 4.69) is 20.7 Å². The fraction of sp³-hybridized carbons (Fsp3) is 0.200. The summed E-state index contributed by atoms with van der Waals surface area (Å²) in [5, 5.41) is 15.8. The van der Waals surface area contributed by atoms with Gasteiger partial charge in [-0.05, 0) is 29.5 Å². The molecule has 0 atom stereocenters. The van der Waals surface area contributed by atoms with Gasteiger partial charge in [0.2, 0.25) is 5.82 Å². The number of carbonyl (C=O) groups excluding carboxylic acids is 1. The molecule has 4 aromatic rings. The molecule has 4 rings (SSSR count). The standard InChI is InChI=1S/C20H20N6O3/c1-25-15-11-18(29-4)17(28-3)10-13(15)9-16(25)20(27)21-14-7-5-6-12(8-14)19-22-24-26(2)23-19/h5-11H,1-4H3,(H,21,27). The quantitative estimate of drug-likeness (QED) is 0.561.